The SMILES string of the molecule is O=C(Nc1ccc2c(c1)OCO2)c1ccccc1S[C@H]1CCS(=O)(=O)C1. The van der Waals surface area contributed by atoms with Crippen molar-refractivity contribution < 1.29 is 22.7 Å². The summed E-state index contributed by atoms with van der Waals surface area (Å²) in [6.45, 7) is 0.177. The van der Waals surface area contributed by atoms with Crippen molar-refractivity contribution in [2.45, 2.75) is 16.6 Å². The number of carbonyl (C=O) groups is 1. The van der Waals surface area contributed by atoms with Gasteiger partial charge in [-0.15, -0.1) is 11.8 Å². The van der Waals surface area contributed by atoms with E-state index in [1.54, 1.807) is 30.3 Å². The minimum absolute atomic E-state index is 0.0144. The number of hydrogen-bond donors (Lipinski definition) is 1. The Hall–Kier alpha value is -2.19. The van der Waals surface area contributed by atoms with Gasteiger partial charge in [0.2, 0.25) is 6.79 Å². The minimum atomic E-state index is -2.95. The summed E-state index contributed by atoms with van der Waals surface area (Å²) in [4.78, 5) is 13.5. The fourth-order valence-corrected chi connectivity index (χ4v) is 6.59. The molecule has 0 saturated carbocycles. The molecule has 2 aromatic carbocycles. The molecule has 6 nitrogen and oxygen atoms in total. The molecular weight excluding hydrogens is 374 g/mol. The Morgan fingerprint density at radius 2 is 1.92 bits per heavy atom. The standard InChI is InChI=1S/C18H17NO5S2/c20-18(19-12-5-6-15-16(9-12)24-11-23-15)14-3-1-2-4-17(14)25-13-7-8-26(21,22)10-13/h1-6,9,13H,7-8,10-11H2,(H,19,20)/t13-/m0/s1. The molecule has 2 aromatic rings. The molecule has 8 heteroatoms. The van der Waals surface area contributed by atoms with Crippen molar-refractivity contribution in [3.63, 3.8) is 0 Å². The topological polar surface area (TPSA) is 81.7 Å². The second-order valence-electron chi connectivity index (χ2n) is 6.16. The summed E-state index contributed by atoms with van der Waals surface area (Å²) in [7, 11) is -2.95. The normalized spacial score (nSPS) is 20.1. The molecule has 4 rings (SSSR count). The largest absolute Gasteiger partial charge is 0.454 e. The van der Waals surface area contributed by atoms with Crippen LogP contribution in [0.3, 0.4) is 0 Å². The van der Waals surface area contributed by atoms with E-state index < -0.39 is 9.84 Å². The zero-order valence-electron chi connectivity index (χ0n) is 13.8. The molecule has 0 unspecified atom stereocenters. The summed E-state index contributed by atoms with van der Waals surface area (Å²) in [5.41, 5.74) is 1.14. The molecule has 2 aliphatic heterocycles. The van der Waals surface area contributed by atoms with Crippen LogP contribution in [-0.2, 0) is 9.84 Å². The van der Waals surface area contributed by atoms with Gasteiger partial charge in [0, 0.05) is 21.9 Å². The van der Waals surface area contributed by atoms with Crippen molar-refractivity contribution in [2.24, 2.45) is 0 Å². The van der Waals surface area contributed by atoms with E-state index in [2.05, 4.69) is 5.32 Å². The molecule has 1 saturated heterocycles. The molecular formula is C18H17NO5S2. The summed E-state index contributed by atoms with van der Waals surface area (Å²) in [5, 5.41) is 2.85. The second-order valence-corrected chi connectivity index (χ2v) is 9.73. The minimum Gasteiger partial charge on any atom is -0.454 e. The summed E-state index contributed by atoms with van der Waals surface area (Å²) in [6.07, 6.45) is 0.616. The zero-order valence-corrected chi connectivity index (χ0v) is 15.4. The van der Waals surface area contributed by atoms with Crippen LogP contribution in [0.5, 0.6) is 11.5 Å². The van der Waals surface area contributed by atoms with Crippen molar-refractivity contribution in [1.82, 2.24) is 0 Å². The summed E-state index contributed by atoms with van der Waals surface area (Å²) in [6, 6.07) is 12.5. The Labute approximate surface area is 155 Å². The highest BCUT2D eigenvalue weighted by Crippen LogP contribution is 2.35. The quantitative estimate of drug-likeness (QED) is 0.863. The summed E-state index contributed by atoms with van der Waals surface area (Å²) in [5.74, 6) is 1.39. The molecule has 2 heterocycles. The number of ether oxygens (including phenoxy) is 2. The Balaban J connectivity index is 1.51. The number of fused-ring (bicyclic) bond motifs is 1. The van der Waals surface area contributed by atoms with Gasteiger partial charge in [-0.05, 0) is 30.7 Å². The van der Waals surface area contributed by atoms with Gasteiger partial charge in [0.15, 0.2) is 21.3 Å². The van der Waals surface area contributed by atoms with Gasteiger partial charge in [-0.1, -0.05) is 12.1 Å². The number of carbonyl (C=O) groups excluding carboxylic acids is 1. The molecule has 1 atom stereocenters. The third kappa shape index (κ3) is 3.66. The number of thioether (sulfide) groups is 1. The van der Waals surface area contributed by atoms with E-state index in [1.165, 1.54) is 11.8 Å². The lowest BCUT2D eigenvalue weighted by Crippen LogP contribution is -2.14. The number of benzene rings is 2. The van der Waals surface area contributed by atoms with Gasteiger partial charge in [-0.3, -0.25) is 4.79 Å². The highest BCUT2D eigenvalue weighted by molar-refractivity contribution is 8.02. The van der Waals surface area contributed by atoms with E-state index in [0.717, 1.165) is 4.90 Å². The van der Waals surface area contributed by atoms with Crippen LogP contribution >= 0.6 is 11.8 Å². The van der Waals surface area contributed by atoms with Gasteiger partial charge in [-0.25, -0.2) is 8.42 Å². The third-order valence-electron chi connectivity index (χ3n) is 4.25. The maximum absolute atomic E-state index is 12.7. The molecule has 2 aliphatic rings. The maximum Gasteiger partial charge on any atom is 0.256 e. The average Bonchev–Trinajstić information content (AvgIpc) is 3.20. The highest BCUT2D eigenvalue weighted by atomic mass is 32.2. The van der Waals surface area contributed by atoms with Crippen LogP contribution in [0.2, 0.25) is 0 Å². The Bertz CT molecular complexity index is 958. The van der Waals surface area contributed by atoms with E-state index in [0.29, 0.717) is 29.2 Å². The summed E-state index contributed by atoms with van der Waals surface area (Å²) >= 11 is 1.45. The Kier molecular flexibility index (Phi) is 4.54. The predicted octanol–water partition coefficient (Wildman–Crippen LogP) is 2.95. The van der Waals surface area contributed by atoms with Crippen LogP contribution in [0.15, 0.2) is 47.4 Å². The highest BCUT2D eigenvalue weighted by Gasteiger charge is 2.29. The van der Waals surface area contributed by atoms with Crippen LogP contribution in [0.25, 0.3) is 0 Å². The van der Waals surface area contributed by atoms with Crippen molar-refractivity contribution >= 4 is 33.2 Å². The van der Waals surface area contributed by atoms with E-state index in [-0.39, 0.29) is 29.5 Å². The van der Waals surface area contributed by atoms with E-state index >= 15 is 0 Å². The molecule has 0 spiro atoms. The monoisotopic (exact) mass is 391 g/mol. The Morgan fingerprint density at radius 3 is 2.73 bits per heavy atom. The first-order valence-corrected chi connectivity index (χ1v) is 10.9. The molecule has 1 N–H and O–H groups in total. The lowest BCUT2D eigenvalue weighted by atomic mass is 10.2. The van der Waals surface area contributed by atoms with Gasteiger partial charge < -0.3 is 14.8 Å². The smallest absolute Gasteiger partial charge is 0.256 e. The maximum atomic E-state index is 12.7. The fraction of sp³-hybridized carbons (Fsp3) is 0.278. The van der Waals surface area contributed by atoms with E-state index in [4.69, 9.17) is 9.47 Å². The number of amides is 1. The summed E-state index contributed by atoms with van der Waals surface area (Å²) < 4.78 is 33.9. The van der Waals surface area contributed by atoms with Crippen LogP contribution < -0.4 is 14.8 Å². The number of sulfone groups is 1. The first-order chi connectivity index (χ1) is 12.5. The van der Waals surface area contributed by atoms with Gasteiger partial charge in [-0.2, -0.15) is 0 Å². The van der Waals surface area contributed by atoms with Crippen molar-refractivity contribution in [3.05, 3.63) is 48.0 Å². The second kappa shape index (κ2) is 6.85. The van der Waals surface area contributed by atoms with E-state index in [9.17, 15) is 13.2 Å². The van der Waals surface area contributed by atoms with Crippen LogP contribution in [0.1, 0.15) is 16.8 Å². The fourth-order valence-electron chi connectivity index (χ4n) is 2.96. The first kappa shape index (κ1) is 17.2. The molecule has 0 bridgehead atoms. The van der Waals surface area contributed by atoms with Crippen molar-refractivity contribution in [2.75, 3.05) is 23.6 Å². The van der Waals surface area contributed by atoms with Crippen LogP contribution in [0, 0.1) is 0 Å². The van der Waals surface area contributed by atoms with Crippen molar-refractivity contribution in [1.29, 1.82) is 0 Å². The molecule has 0 radical (unpaired) electrons. The number of hydrogen-bond acceptors (Lipinski definition) is 6. The van der Waals surface area contributed by atoms with Crippen LogP contribution in [-0.4, -0.2) is 37.9 Å². The van der Waals surface area contributed by atoms with E-state index in [1.807, 2.05) is 12.1 Å². The van der Waals surface area contributed by atoms with Gasteiger partial charge in [0.05, 0.1) is 17.1 Å². The number of anilines is 1. The molecule has 1 amide bonds. The van der Waals surface area contributed by atoms with Gasteiger partial charge in [0.1, 0.15) is 0 Å². The lowest BCUT2D eigenvalue weighted by Gasteiger charge is -2.13. The molecule has 0 aliphatic carbocycles. The molecule has 26 heavy (non-hydrogen) atoms. The average molecular weight is 391 g/mol. The van der Waals surface area contributed by atoms with Crippen LogP contribution in [0.4, 0.5) is 5.69 Å². The number of rotatable bonds is 4. The Morgan fingerprint density at radius 1 is 1.12 bits per heavy atom. The lowest BCUT2D eigenvalue weighted by molar-refractivity contribution is 0.102. The number of nitrogens with one attached hydrogen (secondary N) is 1. The third-order valence-corrected chi connectivity index (χ3v) is 7.57. The van der Waals surface area contributed by atoms with Gasteiger partial charge >= 0.3 is 0 Å². The predicted molar refractivity (Wildman–Crippen MR) is 99.9 cm³/mol. The van der Waals surface area contributed by atoms with Crippen molar-refractivity contribution in [3.8, 4) is 11.5 Å². The molecule has 1 fully saturated rings. The first-order valence-electron chi connectivity index (χ1n) is 8.17. The molecule has 136 valence electrons. The zero-order chi connectivity index (χ0) is 18.1. The molecule has 0 aromatic heterocycles. The van der Waals surface area contributed by atoms with Gasteiger partial charge in [0.25, 0.3) is 5.91 Å².